The minimum absolute atomic E-state index is 0.259. The Bertz CT molecular complexity index is 335. The minimum Gasteiger partial charge on any atom is -0.443 e. The van der Waals surface area contributed by atoms with Crippen molar-refractivity contribution in [3.8, 4) is 0 Å². The lowest BCUT2D eigenvalue weighted by Crippen LogP contribution is -2.42. The first-order chi connectivity index (χ1) is 6.81. The molecule has 0 aromatic carbocycles. The van der Waals surface area contributed by atoms with Gasteiger partial charge in [-0.3, -0.25) is 9.59 Å². The zero-order valence-electron chi connectivity index (χ0n) is 8.94. The van der Waals surface area contributed by atoms with Crippen molar-refractivity contribution in [3.63, 3.8) is 0 Å². The predicted molar refractivity (Wildman–Crippen MR) is 49.7 cm³/mol. The van der Waals surface area contributed by atoms with Crippen molar-refractivity contribution in [1.29, 1.82) is 0 Å². The molecule has 1 saturated carbocycles. The number of nitrogens with zero attached hydrogens (tertiary/aromatic N) is 1. The van der Waals surface area contributed by atoms with Crippen molar-refractivity contribution < 1.29 is 19.1 Å². The highest BCUT2D eigenvalue weighted by Gasteiger charge is 2.61. The SMILES string of the molecule is CC(C)(C)OC(=O)N1C(=O)C2CC2C1=O. The van der Waals surface area contributed by atoms with Gasteiger partial charge in [0, 0.05) is 0 Å². The third-order valence-corrected chi connectivity index (χ3v) is 2.44. The molecule has 1 heterocycles. The summed E-state index contributed by atoms with van der Waals surface area (Å²) in [6.45, 7) is 5.07. The number of ether oxygens (including phenoxy) is 1. The van der Waals surface area contributed by atoms with Gasteiger partial charge in [-0.1, -0.05) is 0 Å². The number of likely N-dealkylation sites (tertiary alicyclic amines) is 1. The van der Waals surface area contributed by atoms with Gasteiger partial charge in [0.25, 0.3) is 0 Å². The van der Waals surface area contributed by atoms with Crippen molar-refractivity contribution in [2.24, 2.45) is 11.8 Å². The van der Waals surface area contributed by atoms with Crippen LogP contribution in [0.15, 0.2) is 0 Å². The Morgan fingerprint density at radius 3 is 2.13 bits per heavy atom. The van der Waals surface area contributed by atoms with E-state index in [0.29, 0.717) is 11.3 Å². The lowest BCUT2D eigenvalue weighted by atomic mass is 10.2. The zero-order chi connectivity index (χ0) is 11.4. The molecule has 5 heteroatoms. The molecular weight excluding hydrogens is 198 g/mol. The molecule has 5 nitrogen and oxygen atoms in total. The molecule has 2 aliphatic rings. The number of carbonyl (C=O) groups excluding carboxylic acids is 3. The molecule has 2 fully saturated rings. The first-order valence-electron chi connectivity index (χ1n) is 4.92. The average Bonchev–Trinajstić information content (AvgIpc) is 2.73. The predicted octanol–water partition coefficient (Wildman–Crippen LogP) is 0.926. The number of rotatable bonds is 0. The summed E-state index contributed by atoms with van der Waals surface area (Å²) in [4.78, 5) is 35.1. The van der Waals surface area contributed by atoms with E-state index in [4.69, 9.17) is 4.74 Å². The largest absolute Gasteiger partial charge is 0.443 e. The summed E-state index contributed by atoms with van der Waals surface area (Å²) in [5.74, 6) is -1.33. The van der Waals surface area contributed by atoms with Crippen LogP contribution in [0.4, 0.5) is 4.79 Å². The van der Waals surface area contributed by atoms with Crippen LogP contribution in [-0.2, 0) is 14.3 Å². The molecule has 2 unspecified atom stereocenters. The maximum Gasteiger partial charge on any atom is 0.424 e. The highest BCUT2D eigenvalue weighted by Crippen LogP contribution is 2.47. The molecule has 2 rings (SSSR count). The summed E-state index contributed by atoms with van der Waals surface area (Å²) in [7, 11) is 0. The molecule has 0 aromatic heterocycles. The lowest BCUT2D eigenvalue weighted by molar-refractivity contribution is -0.139. The summed E-state index contributed by atoms with van der Waals surface area (Å²) in [6.07, 6.45) is -0.249. The lowest BCUT2D eigenvalue weighted by Gasteiger charge is -2.23. The van der Waals surface area contributed by atoms with Gasteiger partial charge in [-0.25, -0.2) is 4.79 Å². The van der Waals surface area contributed by atoms with Crippen LogP contribution in [0.25, 0.3) is 0 Å². The van der Waals surface area contributed by atoms with Crippen LogP contribution in [0.5, 0.6) is 0 Å². The normalized spacial score (nSPS) is 29.1. The topological polar surface area (TPSA) is 63.7 Å². The molecule has 0 N–H and O–H groups in total. The van der Waals surface area contributed by atoms with E-state index in [2.05, 4.69) is 0 Å². The van der Waals surface area contributed by atoms with Crippen LogP contribution in [0, 0.1) is 11.8 Å². The number of piperidine rings is 1. The third-order valence-electron chi connectivity index (χ3n) is 2.44. The van der Waals surface area contributed by atoms with Crippen LogP contribution in [0.2, 0.25) is 0 Å². The number of imide groups is 3. The van der Waals surface area contributed by atoms with Gasteiger partial charge >= 0.3 is 6.09 Å². The van der Waals surface area contributed by atoms with E-state index >= 15 is 0 Å². The second-order valence-corrected chi connectivity index (χ2v) is 4.94. The van der Waals surface area contributed by atoms with Gasteiger partial charge in [-0.2, -0.15) is 4.90 Å². The Labute approximate surface area is 87.4 Å². The van der Waals surface area contributed by atoms with Crippen LogP contribution in [0.1, 0.15) is 27.2 Å². The van der Waals surface area contributed by atoms with Gasteiger partial charge in [0.05, 0.1) is 11.8 Å². The van der Waals surface area contributed by atoms with Crippen molar-refractivity contribution >= 4 is 17.9 Å². The number of hydrogen-bond acceptors (Lipinski definition) is 4. The maximum absolute atomic E-state index is 11.5. The average molecular weight is 211 g/mol. The summed E-state index contributed by atoms with van der Waals surface area (Å²) in [5, 5.41) is 0. The Kier molecular flexibility index (Phi) is 1.90. The Morgan fingerprint density at radius 1 is 1.27 bits per heavy atom. The van der Waals surface area contributed by atoms with Crippen molar-refractivity contribution in [3.05, 3.63) is 0 Å². The van der Waals surface area contributed by atoms with E-state index < -0.39 is 23.5 Å². The molecular formula is C10H13NO4. The van der Waals surface area contributed by atoms with Crippen LogP contribution in [0.3, 0.4) is 0 Å². The van der Waals surface area contributed by atoms with E-state index in [9.17, 15) is 14.4 Å². The molecule has 0 spiro atoms. The van der Waals surface area contributed by atoms with Gasteiger partial charge in [0.15, 0.2) is 0 Å². The summed E-state index contributed by atoms with van der Waals surface area (Å²) in [6, 6.07) is 0. The Balaban J connectivity index is 2.09. The molecule has 82 valence electrons. The fourth-order valence-electron chi connectivity index (χ4n) is 1.67. The highest BCUT2D eigenvalue weighted by atomic mass is 16.6. The maximum atomic E-state index is 11.5. The second-order valence-electron chi connectivity index (χ2n) is 4.94. The molecule has 1 saturated heterocycles. The van der Waals surface area contributed by atoms with E-state index in [1.807, 2.05) is 0 Å². The molecule has 2 atom stereocenters. The van der Waals surface area contributed by atoms with Gasteiger partial charge < -0.3 is 4.74 Å². The number of fused-ring (bicyclic) bond motifs is 1. The molecule has 1 aliphatic carbocycles. The summed E-state index contributed by atoms with van der Waals surface area (Å²) < 4.78 is 4.98. The van der Waals surface area contributed by atoms with Gasteiger partial charge in [0.2, 0.25) is 11.8 Å². The summed E-state index contributed by atoms with van der Waals surface area (Å²) in [5.41, 5.74) is -0.690. The van der Waals surface area contributed by atoms with E-state index in [1.165, 1.54) is 0 Å². The third kappa shape index (κ3) is 1.62. The minimum atomic E-state index is -0.843. The van der Waals surface area contributed by atoms with Crippen molar-refractivity contribution in [2.75, 3.05) is 0 Å². The number of carbonyl (C=O) groups is 3. The fourth-order valence-corrected chi connectivity index (χ4v) is 1.67. The Morgan fingerprint density at radius 2 is 1.73 bits per heavy atom. The molecule has 0 radical (unpaired) electrons. The smallest absolute Gasteiger partial charge is 0.424 e. The zero-order valence-corrected chi connectivity index (χ0v) is 8.94. The molecule has 0 aromatic rings. The van der Waals surface area contributed by atoms with Gasteiger partial charge in [-0.15, -0.1) is 0 Å². The van der Waals surface area contributed by atoms with Crippen LogP contribution in [-0.4, -0.2) is 28.4 Å². The van der Waals surface area contributed by atoms with Gasteiger partial charge in [-0.05, 0) is 27.2 Å². The van der Waals surface area contributed by atoms with E-state index in [1.54, 1.807) is 20.8 Å². The quantitative estimate of drug-likeness (QED) is 0.559. The highest BCUT2D eigenvalue weighted by molar-refractivity contribution is 6.18. The standard InChI is InChI=1S/C10H13NO4/c1-10(2,3)15-9(14)11-7(12)5-4-6(5)8(11)13/h5-6H,4H2,1-3H3. The summed E-state index contributed by atoms with van der Waals surface area (Å²) >= 11 is 0. The number of hydrogen-bond donors (Lipinski definition) is 0. The van der Waals surface area contributed by atoms with E-state index in [-0.39, 0.29) is 11.8 Å². The van der Waals surface area contributed by atoms with Crippen molar-refractivity contribution in [1.82, 2.24) is 4.90 Å². The Hall–Kier alpha value is -1.39. The monoisotopic (exact) mass is 211 g/mol. The first-order valence-corrected chi connectivity index (χ1v) is 4.92. The fraction of sp³-hybridized carbons (Fsp3) is 0.700. The van der Waals surface area contributed by atoms with Crippen LogP contribution >= 0.6 is 0 Å². The molecule has 3 amide bonds. The van der Waals surface area contributed by atoms with Crippen LogP contribution < -0.4 is 0 Å². The van der Waals surface area contributed by atoms with Crippen molar-refractivity contribution in [2.45, 2.75) is 32.8 Å². The number of amides is 3. The molecule has 15 heavy (non-hydrogen) atoms. The van der Waals surface area contributed by atoms with E-state index in [0.717, 1.165) is 0 Å². The van der Waals surface area contributed by atoms with Gasteiger partial charge in [0.1, 0.15) is 5.60 Å². The second kappa shape index (κ2) is 2.81. The molecule has 1 aliphatic heterocycles. The molecule has 0 bridgehead atoms. The first kappa shape index (κ1) is 10.1.